The van der Waals surface area contributed by atoms with Gasteiger partial charge in [-0.3, -0.25) is 9.78 Å². The Balaban J connectivity index is 1.59. The van der Waals surface area contributed by atoms with E-state index in [4.69, 9.17) is 4.74 Å². The predicted octanol–water partition coefficient (Wildman–Crippen LogP) is 6.04. The molecule has 36 heavy (non-hydrogen) atoms. The van der Waals surface area contributed by atoms with Gasteiger partial charge in [0, 0.05) is 17.3 Å². The molecule has 7 heteroatoms. The van der Waals surface area contributed by atoms with Crippen molar-refractivity contribution in [2.45, 2.75) is 37.7 Å². The molecule has 5 rings (SSSR count). The Kier molecular flexibility index (Phi) is 6.33. The maximum absolute atomic E-state index is 14.0. The quantitative estimate of drug-likeness (QED) is 0.303. The number of sulfonamides is 1. The molecule has 0 fully saturated rings. The number of nitrogens with zero attached hydrogens (tertiary/aromatic N) is 2. The van der Waals surface area contributed by atoms with E-state index in [9.17, 15) is 13.2 Å². The van der Waals surface area contributed by atoms with Gasteiger partial charge in [0.1, 0.15) is 6.61 Å². The van der Waals surface area contributed by atoms with Crippen LogP contribution in [0.15, 0.2) is 95.7 Å². The number of carbonyl (C=O) groups is 1. The number of pyridine rings is 1. The molecule has 0 saturated carbocycles. The third-order valence-electron chi connectivity index (χ3n) is 6.20. The average Bonchev–Trinajstić information content (AvgIpc) is 2.87. The molecule has 0 atom stereocenters. The number of para-hydroxylation sites is 1. The van der Waals surface area contributed by atoms with E-state index >= 15 is 0 Å². The molecule has 0 aliphatic carbocycles. The van der Waals surface area contributed by atoms with Crippen LogP contribution in [0.5, 0.6) is 0 Å². The van der Waals surface area contributed by atoms with Gasteiger partial charge in [0.05, 0.1) is 22.5 Å². The monoisotopic (exact) mass is 498 g/mol. The van der Waals surface area contributed by atoms with Crippen LogP contribution in [-0.2, 0) is 26.2 Å². The standard InChI is InChI=1S/C29H26N2O4S/c1-20(2)23-13-14-27-24(16-23)17-25(18-28(32)35-19-21-8-4-3-5-9-21)31(36(27,33)34)26-12-6-10-22-11-7-15-30-29(22)26/h3-17,20H,18-19H2,1-2H3. The molecule has 1 aliphatic rings. The summed E-state index contributed by atoms with van der Waals surface area (Å²) in [5, 5.41) is 0.803. The lowest BCUT2D eigenvalue weighted by Crippen LogP contribution is -2.34. The van der Waals surface area contributed by atoms with E-state index in [1.807, 2.05) is 54.6 Å². The Morgan fingerprint density at radius 3 is 2.53 bits per heavy atom. The SMILES string of the molecule is CC(C)c1ccc2c(c1)C=C(CC(=O)OCc1ccccc1)N(c1cccc3cccnc13)S2(=O)=O. The fourth-order valence-corrected chi connectivity index (χ4v) is 6.05. The van der Waals surface area contributed by atoms with E-state index in [-0.39, 0.29) is 23.8 Å². The molecule has 4 aromatic rings. The number of hydrogen-bond acceptors (Lipinski definition) is 5. The lowest BCUT2D eigenvalue weighted by atomic mass is 10.00. The molecule has 0 bridgehead atoms. The lowest BCUT2D eigenvalue weighted by Gasteiger charge is -2.31. The van der Waals surface area contributed by atoms with Gasteiger partial charge in [0.15, 0.2) is 0 Å². The van der Waals surface area contributed by atoms with Gasteiger partial charge in [0.2, 0.25) is 0 Å². The smallest absolute Gasteiger partial charge is 0.312 e. The van der Waals surface area contributed by atoms with Crippen LogP contribution in [0, 0.1) is 0 Å². The van der Waals surface area contributed by atoms with E-state index in [1.165, 1.54) is 4.31 Å². The third-order valence-corrected chi connectivity index (χ3v) is 8.04. The summed E-state index contributed by atoms with van der Waals surface area (Å²) in [6, 6.07) is 23.8. The Morgan fingerprint density at radius 1 is 0.972 bits per heavy atom. The van der Waals surface area contributed by atoms with Crippen molar-refractivity contribution in [3.8, 4) is 0 Å². The molecule has 6 nitrogen and oxygen atoms in total. The molecule has 0 unspecified atom stereocenters. The summed E-state index contributed by atoms with van der Waals surface area (Å²) in [6.45, 7) is 4.22. The number of hydrogen-bond donors (Lipinski definition) is 0. The third kappa shape index (κ3) is 4.50. The van der Waals surface area contributed by atoms with Gasteiger partial charge in [-0.15, -0.1) is 0 Å². The van der Waals surface area contributed by atoms with Crippen LogP contribution in [0.3, 0.4) is 0 Å². The molecule has 0 amide bonds. The van der Waals surface area contributed by atoms with Gasteiger partial charge in [-0.25, -0.2) is 12.7 Å². The Bertz CT molecular complexity index is 1570. The molecule has 0 spiro atoms. The molecule has 0 N–H and O–H groups in total. The summed E-state index contributed by atoms with van der Waals surface area (Å²) in [4.78, 5) is 17.6. The first kappa shape index (κ1) is 23.8. The normalized spacial score (nSPS) is 14.4. The zero-order valence-electron chi connectivity index (χ0n) is 20.1. The number of fused-ring (bicyclic) bond motifs is 2. The van der Waals surface area contributed by atoms with Crippen molar-refractivity contribution in [2.75, 3.05) is 4.31 Å². The minimum absolute atomic E-state index is 0.115. The molecule has 0 saturated heterocycles. The van der Waals surface area contributed by atoms with E-state index in [0.717, 1.165) is 16.5 Å². The van der Waals surface area contributed by atoms with Crippen molar-refractivity contribution >= 4 is 38.7 Å². The molecule has 1 aliphatic heterocycles. The molecule has 2 heterocycles. The van der Waals surface area contributed by atoms with E-state index < -0.39 is 16.0 Å². The zero-order valence-corrected chi connectivity index (χ0v) is 20.9. The Hall–Kier alpha value is -3.97. The summed E-state index contributed by atoms with van der Waals surface area (Å²) < 4.78 is 34.8. The van der Waals surface area contributed by atoms with Gasteiger partial charge in [0.25, 0.3) is 10.0 Å². The number of esters is 1. The first-order valence-corrected chi connectivity index (χ1v) is 13.2. The molecule has 3 aromatic carbocycles. The maximum atomic E-state index is 14.0. The predicted molar refractivity (Wildman–Crippen MR) is 141 cm³/mol. The highest BCUT2D eigenvalue weighted by atomic mass is 32.2. The van der Waals surface area contributed by atoms with Crippen molar-refractivity contribution in [2.24, 2.45) is 0 Å². The van der Waals surface area contributed by atoms with Crippen LogP contribution < -0.4 is 4.31 Å². The lowest BCUT2D eigenvalue weighted by molar-refractivity contribution is -0.144. The van der Waals surface area contributed by atoms with Crippen LogP contribution >= 0.6 is 0 Å². The number of anilines is 1. The van der Waals surface area contributed by atoms with Crippen LogP contribution in [0.4, 0.5) is 5.69 Å². The minimum atomic E-state index is -4.01. The number of ether oxygens (including phenoxy) is 1. The number of rotatable bonds is 6. The summed E-state index contributed by atoms with van der Waals surface area (Å²) in [5.74, 6) is -0.284. The van der Waals surface area contributed by atoms with E-state index in [0.29, 0.717) is 22.5 Å². The molecule has 1 aromatic heterocycles. The second kappa shape index (κ2) is 9.59. The summed E-state index contributed by atoms with van der Waals surface area (Å²) >= 11 is 0. The summed E-state index contributed by atoms with van der Waals surface area (Å²) in [5.41, 5.74) is 3.70. The van der Waals surface area contributed by atoms with Gasteiger partial charge < -0.3 is 4.74 Å². The Labute approximate surface area is 210 Å². The fraction of sp³-hybridized carbons (Fsp3) is 0.172. The van der Waals surface area contributed by atoms with Crippen LogP contribution in [0.25, 0.3) is 17.0 Å². The van der Waals surface area contributed by atoms with Crippen LogP contribution in [0.2, 0.25) is 0 Å². The van der Waals surface area contributed by atoms with Crippen LogP contribution in [-0.4, -0.2) is 19.4 Å². The molecular formula is C29H26N2O4S. The van der Waals surface area contributed by atoms with E-state index in [2.05, 4.69) is 18.8 Å². The zero-order chi connectivity index (χ0) is 25.3. The highest BCUT2D eigenvalue weighted by molar-refractivity contribution is 7.93. The van der Waals surface area contributed by atoms with Crippen molar-refractivity contribution in [1.29, 1.82) is 0 Å². The maximum Gasteiger partial charge on any atom is 0.312 e. The van der Waals surface area contributed by atoms with E-state index in [1.54, 1.807) is 36.5 Å². The van der Waals surface area contributed by atoms with Gasteiger partial charge in [-0.05, 0) is 46.9 Å². The molecular weight excluding hydrogens is 472 g/mol. The van der Waals surface area contributed by atoms with Crippen molar-refractivity contribution in [3.05, 3.63) is 107 Å². The summed E-state index contributed by atoms with van der Waals surface area (Å²) in [7, 11) is -4.01. The highest BCUT2D eigenvalue weighted by Crippen LogP contribution is 2.40. The molecule has 182 valence electrons. The average molecular weight is 499 g/mol. The number of aromatic nitrogens is 1. The minimum Gasteiger partial charge on any atom is -0.461 e. The van der Waals surface area contributed by atoms with Crippen molar-refractivity contribution < 1.29 is 17.9 Å². The van der Waals surface area contributed by atoms with Crippen molar-refractivity contribution in [1.82, 2.24) is 4.98 Å². The highest BCUT2D eigenvalue weighted by Gasteiger charge is 2.36. The first-order chi connectivity index (χ1) is 17.3. The Morgan fingerprint density at radius 2 is 1.75 bits per heavy atom. The number of benzene rings is 3. The van der Waals surface area contributed by atoms with Crippen LogP contribution in [0.1, 0.15) is 42.9 Å². The molecule has 0 radical (unpaired) electrons. The second-order valence-corrected chi connectivity index (χ2v) is 10.8. The second-order valence-electron chi connectivity index (χ2n) is 9.03. The van der Waals surface area contributed by atoms with Gasteiger partial charge >= 0.3 is 5.97 Å². The summed E-state index contributed by atoms with van der Waals surface area (Å²) in [6.07, 6.45) is 3.19. The first-order valence-electron chi connectivity index (χ1n) is 11.8. The van der Waals surface area contributed by atoms with Gasteiger partial charge in [-0.1, -0.05) is 74.5 Å². The van der Waals surface area contributed by atoms with Gasteiger partial charge in [-0.2, -0.15) is 0 Å². The fourth-order valence-electron chi connectivity index (χ4n) is 4.36. The number of carbonyl (C=O) groups excluding carboxylic acids is 1. The topological polar surface area (TPSA) is 76.6 Å². The van der Waals surface area contributed by atoms with Crippen molar-refractivity contribution in [3.63, 3.8) is 0 Å². The largest absolute Gasteiger partial charge is 0.461 e.